The number of fused-ring (bicyclic) bond motifs is 1. The van der Waals surface area contributed by atoms with Crippen molar-refractivity contribution in [2.24, 2.45) is 0 Å². The van der Waals surface area contributed by atoms with E-state index in [0.717, 1.165) is 22.2 Å². The number of para-hydroxylation sites is 1. The normalized spacial score (nSPS) is 10.9. The van der Waals surface area contributed by atoms with Crippen LogP contribution in [0.5, 0.6) is 11.5 Å². The second-order valence-corrected chi connectivity index (χ2v) is 6.79. The summed E-state index contributed by atoms with van der Waals surface area (Å²) in [5.41, 5.74) is 3.40. The molecule has 4 aromatic rings. The molecule has 3 aromatic carbocycles. The second-order valence-electron chi connectivity index (χ2n) is 5.98. The molecule has 4 nitrogen and oxygen atoms in total. The van der Waals surface area contributed by atoms with E-state index in [-0.39, 0.29) is 0 Å². The van der Waals surface area contributed by atoms with Gasteiger partial charge in [0.15, 0.2) is 11.5 Å². The predicted molar refractivity (Wildman–Crippen MR) is 109 cm³/mol. The van der Waals surface area contributed by atoms with Crippen LogP contribution in [0.4, 0.5) is 0 Å². The van der Waals surface area contributed by atoms with E-state index < -0.39 is 0 Å². The van der Waals surface area contributed by atoms with Crippen LogP contribution in [-0.4, -0.2) is 17.1 Å². The molecule has 136 valence electrons. The summed E-state index contributed by atoms with van der Waals surface area (Å²) in [6.07, 6.45) is 0. The molecule has 0 unspecified atom stereocenters. The minimum Gasteiger partial charge on any atom is -0.493 e. The van der Waals surface area contributed by atoms with E-state index >= 15 is 0 Å². The van der Waals surface area contributed by atoms with Crippen LogP contribution in [0, 0.1) is 0 Å². The maximum Gasteiger partial charge on any atom is 0.172 e. The minimum absolute atomic E-state index is 0.423. The number of methoxy groups -OCH3 is 1. The van der Waals surface area contributed by atoms with Gasteiger partial charge in [-0.05, 0) is 29.8 Å². The second kappa shape index (κ2) is 7.51. The van der Waals surface area contributed by atoms with E-state index in [0.29, 0.717) is 34.0 Å². The number of nitrogens with zero attached hydrogens (tertiary/aromatic N) is 1. The summed E-state index contributed by atoms with van der Waals surface area (Å²) in [4.78, 5) is 7.92. The Morgan fingerprint density at radius 3 is 2.52 bits per heavy atom. The molecule has 4 rings (SSSR count). The van der Waals surface area contributed by atoms with Gasteiger partial charge in [0.2, 0.25) is 0 Å². The topological polar surface area (TPSA) is 47.1 Å². The summed E-state index contributed by atoms with van der Waals surface area (Å²) in [7, 11) is 1.62. The van der Waals surface area contributed by atoms with Crippen molar-refractivity contribution in [3.63, 3.8) is 0 Å². The number of nitrogens with one attached hydrogen (secondary N) is 1. The van der Waals surface area contributed by atoms with Crippen molar-refractivity contribution in [3.05, 3.63) is 76.3 Å². The first-order valence-electron chi connectivity index (χ1n) is 8.34. The molecule has 27 heavy (non-hydrogen) atoms. The molecule has 0 amide bonds. The number of hydrogen-bond acceptors (Lipinski definition) is 3. The van der Waals surface area contributed by atoms with Crippen LogP contribution in [0.25, 0.3) is 22.4 Å². The van der Waals surface area contributed by atoms with E-state index in [2.05, 4.69) is 9.97 Å². The van der Waals surface area contributed by atoms with E-state index in [1.807, 2.05) is 48.5 Å². The summed E-state index contributed by atoms with van der Waals surface area (Å²) in [6, 6.07) is 19.2. The first-order valence-corrected chi connectivity index (χ1v) is 9.10. The molecule has 0 atom stereocenters. The van der Waals surface area contributed by atoms with Crippen LogP contribution in [-0.2, 0) is 6.61 Å². The Bertz CT molecular complexity index is 1060. The Morgan fingerprint density at radius 2 is 1.74 bits per heavy atom. The van der Waals surface area contributed by atoms with Gasteiger partial charge in [-0.1, -0.05) is 59.6 Å². The van der Waals surface area contributed by atoms with Crippen LogP contribution < -0.4 is 9.47 Å². The molecule has 0 saturated heterocycles. The number of ether oxygens (including phenoxy) is 2. The fourth-order valence-corrected chi connectivity index (χ4v) is 3.20. The number of benzene rings is 3. The minimum atomic E-state index is 0.423. The molecule has 0 bridgehead atoms. The van der Waals surface area contributed by atoms with Gasteiger partial charge in [0, 0.05) is 0 Å². The van der Waals surface area contributed by atoms with E-state index in [4.69, 9.17) is 32.7 Å². The number of halogens is 2. The fraction of sp³-hybridized carbons (Fsp3) is 0.0952. The number of H-pyrrole nitrogens is 1. The first kappa shape index (κ1) is 17.7. The molecular weight excluding hydrogens is 383 g/mol. The SMILES string of the molecule is COc1cccc(-c2nc3cc(Cl)c(Cl)cc3[nH]2)c1OCc1ccccc1. The lowest BCUT2D eigenvalue weighted by Gasteiger charge is -2.14. The Balaban J connectivity index is 1.76. The van der Waals surface area contributed by atoms with Gasteiger partial charge in [-0.25, -0.2) is 4.98 Å². The number of rotatable bonds is 5. The van der Waals surface area contributed by atoms with Gasteiger partial charge in [-0.2, -0.15) is 0 Å². The molecule has 0 aliphatic heterocycles. The Kier molecular flexibility index (Phi) is 4.92. The average molecular weight is 399 g/mol. The molecule has 0 aliphatic carbocycles. The van der Waals surface area contributed by atoms with Gasteiger partial charge >= 0.3 is 0 Å². The largest absolute Gasteiger partial charge is 0.493 e. The van der Waals surface area contributed by atoms with E-state index in [1.165, 1.54) is 0 Å². The van der Waals surface area contributed by atoms with Crippen molar-refractivity contribution >= 4 is 34.2 Å². The number of hydrogen-bond donors (Lipinski definition) is 1. The number of imidazole rings is 1. The van der Waals surface area contributed by atoms with Gasteiger partial charge in [-0.15, -0.1) is 0 Å². The molecule has 0 radical (unpaired) electrons. The van der Waals surface area contributed by atoms with Crippen molar-refractivity contribution in [1.82, 2.24) is 9.97 Å². The van der Waals surface area contributed by atoms with Gasteiger partial charge in [0.05, 0.1) is 33.8 Å². The molecule has 0 spiro atoms. The molecule has 1 N–H and O–H groups in total. The molecule has 0 aliphatic rings. The van der Waals surface area contributed by atoms with Gasteiger partial charge in [0.25, 0.3) is 0 Å². The summed E-state index contributed by atoms with van der Waals surface area (Å²) >= 11 is 12.2. The maximum atomic E-state index is 6.12. The summed E-state index contributed by atoms with van der Waals surface area (Å²) in [5.74, 6) is 1.92. The van der Waals surface area contributed by atoms with Gasteiger partial charge in [-0.3, -0.25) is 0 Å². The molecule has 6 heteroatoms. The standard InChI is InChI=1S/C21H16Cl2N2O2/c1-26-19-9-5-8-14(20(19)27-12-13-6-3-2-4-7-13)21-24-17-10-15(22)16(23)11-18(17)25-21/h2-11H,12H2,1H3,(H,24,25). The third-order valence-corrected chi connectivity index (χ3v) is 4.93. The van der Waals surface area contributed by atoms with Crippen molar-refractivity contribution in [2.75, 3.05) is 7.11 Å². The monoisotopic (exact) mass is 398 g/mol. The molecule has 1 heterocycles. The molecule has 0 fully saturated rings. The van der Waals surface area contributed by atoms with Crippen molar-refractivity contribution < 1.29 is 9.47 Å². The summed E-state index contributed by atoms with van der Waals surface area (Å²) < 4.78 is 11.6. The van der Waals surface area contributed by atoms with Crippen molar-refractivity contribution in [1.29, 1.82) is 0 Å². The van der Waals surface area contributed by atoms with Crippen LogP contribution in [0.1, 0.15) is 5.56 Å². The highest BCUT2D eigenvalue weighted by Gasteiger charge is 2.16. The third kappa shape index (κ3) is 3.59. The van der Waals surface area contributed by atoms with Gasteiger partial charge < -0.3 is 14.5 Å². The van der Waals surface area contributed by atoms with E-state index in [9.17, 15) is 0 Å². The highest BCUT2D eigenvalue weighted by Crippen LogP contribution is 2.38. The average Bonchev–Trinajstić information content (AvgIpc) is 3.09. The van der Waals surface area contributed by atoms with Crippen LogP contribution >= 0.6 is 23.2 Å². The zero-order chi connectivity index (χ0) is 18.8. The molecule has 0 saturated carbocycles. The highest BCUT2D eigenvalue weighted by molar-refractivity contribution is 6.42. The maximum absolute atomic E-state index is 6.12. The molecular formula is C21H16Cl2N2O2. The van der Waals surface area contributed by atoms with Crippen LogP contribution in [0.3, 0.4) is 0 Å². The zero-order valence-electron chi connectivity index (χ0n) is 14.5. The summed E-state index contributed by atoms with van der Waals surface area (Å²) in [5, 5.41) is 0.943. The zero-order valence-corrected chi connectivity index (χ0v) is 16.0. The predicted octanol–water partition coefficient (Wildman–Crippen LogP) is 6.12. The molecule has 1 aromatic heterocycles. The first-order chi connectivity index (χ1) is 13.2. The highest BCUT2D eigenvalue weighted by atomic mass is 35.5. The third-order valence-electron chi connectivity index (χ3n) is 4.20. The number of aromatic amines is 1. The van der Waals surface area contributed by atoms with Crippen LogP contribution in [0.15, 0.2) is 60.7 Å². The quantitative estimate of drug-likeness (QED) is 0.440. The van der Waals surface area contributed by atoms with E-state index in [1.54, 1.807) is 19.2 Å². The van der Waals surface area contributed by atoms with Crippen molar-refractivity contribution in [3.8, 4) is 22.9 Å². The Morgan fingerprint density at radius 1 is 0.963 bits per heavy atom. The lowest BCUT2D eigenvalue weighted by atomic mass is 10.1. The van der Waals surface area contributed by atoms with Crippen LogP contribution in [0.2, 0.25) is 10.0 Å². The fourth-order valence-electron chi connectivity index (χ4n) is 2.87. The number of aromatic nitrogens is 2. The summed E-state index contributed by atoms with van der Waals surface area (Å²) in [6.45, 7) is 0.423. The van der Waals surface area contributed by atoms with Crippen molar-refractivity contribution in [2.45, 2.75) is 6.61 Å². The lowest BCUT2D eigenvalue weighted by Crippen LogP contribution is -2.00. The van der Waals surface area contributed by atoms with Gasteiger partial charge in [0.1, 0.15) is 12.4 Å². The lowest BCUT2D eigenvalue weighted by molar-refractivity contribution is 0.285. The smallest absolute Gasteiger partial charge is 0.172 e. The Labute approximate surface area is 166 Å². The Hall–Kier alpha value is -2.69.